The summed E-state index contributed by atoms with van der Waals surface area (Å²) in [5.74, 6) is 0.0657. The first kappa shape index (κ1) is 18.9. The first-order valence-electron chi connectivity index (χ1n) is 9.57. The van der Waals surface area contributed by atoms with E-state index in [0.717, 1.165) is 11.4 Å². The number of aromatic nitrogens is 1. The molecule has 0 bridgehead atoms. The fourth-order valence-corrected chi connectivity index (χ4v) is 4.17. The van der Waals surface area contributed by atoms with Crippen LogP contribution in [0.25, 0.3) is 0 Å². The van der Waals surface area contributed by atoms with E-state index < -0.39 is 11.4 Å². The number of pyridine rings is 1. The van der Waals surface area contributed by atoms with E-state index in [4.69, 9.17) is 5.73 Å². The minimum Gasteiger partial charge on any atom is -0.366 e. The third-order valence-electron chi connectivity index (χ3n) is 5.87. The molecule has 1 aromatic heterocycles. The summed E-state index contributed by atoms with van der Waals surface area (Å²) >= 11 is 0. The molecule has 2 aliphatic heterocycles. The largest absolute Gasteiger partial charge is 0.366 e. The molecule has 8 nitrogen and oxygen atoms in total. The van der Waals surface area contributed by atoms with E-state index in [1.54, 1.807) is 24.1 Å². The van der Waals surface area contributed by atoms with Crippen molar-refractivity contribution in [3.63, 3.8) is 0 Å². The lowest BCUT2D eigenvalue weighted by atomic mass is 9.85. The number of rotatable bonds is 4. The van der Waals surface area contributed by atoms with Crippen molar-refractivity contribution >= 4 is 23.7 Å². The van der Waals surface area contributed by atoms with Crippen LogP contribution in [0.3, 0.4) is 0 Å². The van der Waals surface area contributed by atoms with E-state index in [9.17, 15) is 14.4 Å². The number of imide groups is 1. The van der Waals surface area contributed by atoms with Crippen LogP contribution in [0.15, 0.2) is 48.7 Å². The second-order valence-electron chi connectivity index (χ2n) is 7.51. The number of nitrogens with two attached hydrogens (primary N) is 1. The van der Waals surface area contributed by atoms with Crippen molar-refractivity contribution in [3.8, 4) is 0 Å². The Hall–Kier alpha value is -3.42. The summed E-state index contributed by atoms with van der Waals surface area (Å²) in [6, 6.07) is 12.9. The van der Waals surface area contributed by atoms with Crippen LogP contribution in [0.2, 0.25) is 0 Å². The quantitative estimate of drug-likeness (QED) is 0.796. The highest BCUT2D eigenvalue weighted by Gasteiger charge is 2.56. The second kappa shape index (κ2) is 7.20. The molecule has 2 aliphatic rings. The molecule has 0 atom stereocenters. The normalized spacial score (nSPS) is 18.6. The van der Waals surface area contributed by atoms with Gasteiger partial charge >= 0.3 is 6.03 Å². The smallest absolute Gasteiger partial charge is 0.327 e. The lowest BCUT2D eigenvalue weighted by molar-refractivity contribution is -0.133. The predicted octanol–water partition coefficient (Wildman–Crippen LogP) is 1.61. The number of urea groups is 1. The van der Waals surface area contributed by atoms with Gasteiger partial charge in [-0.1, -0.05) is 30.3 Å². The first-order chi connectivity index (χ1) is 13.9. The molecule has 3 heterocycles. The topological polar surface area (TPSA) is 99.8 Å². The Kier molecular flexibility index (Phi) is 4.70. The summed E-state index contributed by atoms with van der Waals surface area (Å²) in [6.45, 7) is 1.57. The number of likely N-dealkylation sites (N-methyl/N-ethyl adjacent to an activating group) is 1. The monoisotopic (exact) mass is 393 g/mol. The number of hydrogen-bond donors (Lipinski definition) is 1. The molecule has 0 saturated carbocycles. The van der Waals surface area contributed by atoms with Gasteiger partial charge in [0, 0.05) is 32.9 Å². The molecular weight excluding hydrogens is 370 g/mol. The van der Waals surface area contributed by atoms with Gasteiger partial charge in [0.2, 0.25) is 5.91 Å². The highest BCUT2D eigenvalue weighted by molar-refractivity contribution is 6.06. The number of hydrogen-bond acceptors (Lipinski definition) is 5. The summed E-state index contributed by atoms with van der Waals surface area (Å²) < 4.78 is 0. The third kappa shape index (κ3) is 3.20. The molecule has 4 rings (SSSR count). The highest BCUT2D eigenvalue weighted by Crippen LogP contribution is 2.38. The summed E-state index contributed by atoms with van der Waals surface area (Å²) in [5.41, 5.74) is 5.79. The number of anilines is 1. The lowest BCUT2D eigenvalue weighted by Crippen LogP contribution is -2.56. The Morgan fingerprint density at radius 3 is 2.38 bits per heavy atom. The van der Waals surface area contributed by atoms with E-state index in [2.05, 4.69) is 9.88 Å². The standard InChI is InChI=1S/C21H23N5O3/c1-24-19(28)21(26(20(24)29)14-15-5-3-2-4-6-15)9-11-25(12-10-21)17-8-7-16(13-23-17)18(22)27/h2-8,13H,9-12,14H2,1H3,(H2,22,27). The van der Waals surface area contributed by atoms with E-state index in [1.165, 1.54) is 11.1 Å². The summed E-state index contributed by atoms with van der Waals surface area (Å²) in [6.07, 6.45) is 2.50. The Bertz CT molecular complexity index is 937. The van der Waals surface area contributed by atoms with Crippen molar-refractivity contribution in [1.29, 1.82) is 0 Å². The van der Waals surface area contributed by atoms with Crippen molar-refractivity contribution in [1.82, 2.24) is 14.8 Å². The Morgan fingerprint density at radius 2 is 1.79 bits per heavy atom. The van der Waals surface area contributed by atoms with Gasteiger partial charge < -0.3 is 15.5 Å². The summed E-state index contributed by atoms with van der Waals surface area (Å²) in [4.78, 5) is 46.4. The second-order valence-corrected chi connectivity index (χ2v) is 7.51. The number of nitrogens with zero attached hydrogens (tertiary/aromatic N) is 4. The SMILES string of the molecule is CN1C(=O)N(Cc2ccccc2)C2(CCN(c3ccc(C(N)=O)cn3)CC2)C1=O. The van der Waals surface area contributed by atoms with Crippen LogP contribution in [0.5, 0.6) is 0 Å². The van der Waals surface area contributed by atoms with Crippen LogP contribution in [-0.4, -0.2) is 58.3 Å². The van der Waals surface area contributed by atoms with Crippen LogP contribution in [0, 0.1) is 0 Å². The van der Waals surface area contributed by atoms with E-state index in [1.807, 2.05) is 30.3 Å². The molecule has 0 aliphatic carbocycles. The van der Waals surface area contributed by atoms with Crippen LogP contribution in [0.4, 0.5) is 10.6 Å². The number of primary amides is 1. The maximum absolute atomic E-state index is 13.0. The molecule has 1 aromatic carbocycles. The first-order valence-corrected chi connectivity index (χ1v) is 9.57. The molecule has 2 N–H and O–H groups in total. The van der Waals surface area contributed by atoms with Gasteiger partial charge in [-0.15, -0.1) is 0 Å². The molecular formula is C21H23N5O3. The van der Waals surface area contributed by atoms with Gasteiger partial charge in [0.25, 0.3) is 5.91 Å². The van der Waals surface area contributed by atoms with E-state index in [-0.39, 0.29) is 11.9 Å². The van der Waals surface area contributed by atoms with Gasteiger partial charge in [-0.2, -0.15) is 0 Å². The zero-order valence-corrected chi connectivity index (χ0v) is 16.2. The van der Waals surface area contributed by atoms with Crippen LogP contribution >= 0.6 is 0 Å². The van der Waals surface area contributed by atoms with Gasteiger partial charge in [0.05, 0.1) is 5.56 Å². The molecule has 4 amide bonds. The molecule has 29 heavy (non-hydrogen) atoms. The van der Waals surface area contributed by atoms with Crippen LogP contribution in [-0.2, 0) is 11.3 Å². The van der Waals surface area contributed by atoms with Gasteiger partial charge in [0.1, 0.15) is 11.4 Å². The molecule has 0 unspecified atom stereocenters. The van der Waals surface area contributed by atoms with Crippen molar-refractivity contribution in [2.45, 2.75) is 24.9 Å². The minimum atomic E-state index is -0.828. The van der Waals surface area contributed by atoms with Gasteiger partial charge in [-0.25, -0.2) is 9.78 Å². The molecule has 2 aromatic rings. The van der Waals surface area contributed by atoms with Crippen molar-refractivity contribution in [2.24, 2.45) is 5.73 Å². The average molecular weight is 393 g/mol. The number of amides is 4. The molecule has 2 fully saturated rings. The predicted molar refractivity (Wildman–Crippen MR) is 107 cm³/mol. The lowest BCUT2D eigenvalue weighted by Gasteiger charge is -2.42. The Balaban J connectivity index is 1.54. The molecule has 0 radical (unpaired) electrons. The zero-order chi connectivity index (χ0) is 20.6. The van der Waals surface area contributed by atoms with Crippen molar-refractivity contribution < 1.29 is 14.4 Å². The minimum absolute atomic E-state index is 0.143. The van der Waals surface area contributed by atoms with Crippen LogP contribution < -0.4 is 10.6 Å². The van der Waals surface area contributed by atoms with Crippen molar-refractivity contribution in [2.75, 3.05) is 25.0 Å². The van der Waals surface area contributed by atoms with Gasteiger partial charge in [0.15, 0.2) is 0 Å². The number of carbonyl (C=O) groups is 3. The van der Waals surface area contributed by atoms with Gasteiger partial charge in [-0.3, -0.25) is 14.5 Å². The van der Waals surface area contributed by atoms with Crippen molar-refractivity contribution in [3.05, 3.63) is 59.8 Å². The number of piperidine rings is 1. The maximum atomic E-state index is 13.0. The third-order valence-corrected chi connectivity index (χ3v) is 5.87. The molecule has 150 valence electrons. The number of carbonyl (C=O) groups excluding carboxylic acids is 3. The highest BCUT2D eigenvalue weighted by atomic mass is 16.2. The fraction of sp³-hybridized carbons (Fsp3) is 0.333. The molecule has 8 heteroatoms. The van der Waals surface area contributed by atoms with Crippen LogP contribution in [0.1, 0.15) is 28.8 Å². The van der Waals surface area contributed by atoms with E-state index >= 15 is 0 Å². The van der Waals surface area contributed by atoms with Gasteiger partial charge in [-0.05, 0) is 30.5 Å². The molecule has 2 saturated heterocycles. The Morgan fingerprint density at radius 1 is 1.10 bits per heavy atom. The molecule has 1 spiro atoms. The Labute approximate surface area is 168 Å². The maximum Gasteiger partial charge on any atom is 0.327 e. The fourth-order valence-electron chi connectivity index (χ4n) is 4.17. The average Bonchev–Trinajstić information content (AvgIpc) is 2.91. The summed E-state index contributed by atoms with van der Waals surface area (Å²) in [7, 11) is 1.55. The number of benzene rings is 1. The van der Waals surface area contributed by atoms with E-state index in [0.29, 0.717) is 38.0 Å². The zero-order valence-electron chi connectivity index (χ0n) is 16.2. The summed E-state index contributed by atoms with van der Waals surface area (Å²) in [5, 5.41) is 0.